The van der Waals surface area contributed by atoms with Crippen molar-refractivity contribution >= 4 is 28.3 Å². The number of carbonyl (C=O) groups excluding carboxylic acids is 2. The molecule has 2 aliphatic heterocycles. The van der Waals surface area contributed by atoms with Gasteiger partial charge in [0.25, 0.3) is 11.8 Å². The van der Waals surface area contributed by atoms with Gasteiger partial charge in [-0.05, 0) is 12.1 Å². The standard InChI is InChI=1S/C16H16N4O2S/c17-16-18-12-5-6-19(9-13(12)23-16)7-8-20-14(21)10-3-1-2-4-11(10)15(20)22/h1-4H,5-9H2,(H2,17,18). The van der Waals surface area contributed by atoms with Crippen LogP contribution in [0.4, 0.5) is 5.13 Å². The molecule has 6 nitrogen and oxygen atoms in total. The molecular weight excluding hydrogens is 312 g/mol. The zero-order valence-electron chi connectivity index (χ0n) is 12.5. The fourth-order valence-electron chi connectivity index (χ4n) is 3.14. The lowest BCUT2D eigenvalue weighted by atomic mass is 10.1. The van der Waals surface area contributed by atoms with Gasteiger partial charge in [0.05, 0.1) is 16.8 Å². The summed E-state index contributed by atoms with van der Waals surface area (Å²) in [4.78, 5) is 33.8. The lowest BCUT2D eigenvalue weighted by molar-refractivity contribution is 0.0633. The molecule has 23 heavy (non-hydrogen) atoms. The van der Waals surface area contributed by atoms with Crippen LogP contribution in [0.15, 0.2) is 24.3 Å². The smallest absolute Gasteiger partial charge is 0.261 e. The van der Waals surface area contributed by atoms with Crippen LogP contribution in [0.1, 0.15) is 31.3 Å². The van der Waals surface area contributed by atoms with Gasteiger partial charge in [0, 0.05) is 37.5 Å². The highest BCUT2D eigenvalue weighted by Crippen LogP contribution is 2.27. The largest absolute Gasteiger partial charge is 0.375 e. The molecule has 0 radical (unpaired) electrons. The number of fused-ring (bicyclic) bond motifs is 2. The molecule has 1 aromatic heterocycles. The molecule has 0 atom stereocenters. The molecule has 0 fully saturated rings. The molecule has 1 aromatic carbocycles. The number of thiazole rings is 1. The van der Waals surface area contributed by atoms with Gasteiger partial charge in [-0.2, -0.15) is 0 Å². The molecule has 4 rings (SSSR count). The van der Waals surface area contributed by atoms with Crippen molar-refractivity contribution in [1.29, 1.82) is 0 Å². The molecule has 2 amide bonds. The molecule has 0 aliphatic carbocycles. The van der Waals surface area contributed by atoms with Crippen molar-refractivity contribution < 1.29 is 9.59 Å². The number of aromatic nitrogens is 1. The summed E-state index contributed by atoms with van der Waals surface area (Å²) in [5, 5.41) is 0.609. The number of amides is 2. The summed E-state index contributed by atoms with van der Waals surface area (Å²) < 4.78 is 0. The van der Waals surface area contributed by atoms with E-state index in [0.29, 0.717) is 29.3 Å². The highest BCUT2D eigenvalue weighted by molar-refractivity contribution is 7.15. The van der Waals surface area contributed by atoms with Gasteiger partial charge in [-0.25, -0.2) is 4.98 Å². The predicted octanol–water partition coefficient (Wildman–Crippen LogP) is 1.38. The Kier molecular flexibility index (Phi) is 3.39. The van der Waals surface area contributed by atoms with Crippen LogP contribution in [0, 0.1) is 0 Å². The summed E-state index contributed by atoms with van der Waals surface area (Å²) in [6.07, 6.45) is 0.866. The maximum absolute atomic E-state index is 12.3. The van der Waals surface area contributed by atoms with E-state index in [1.165, 1.54) is 21.1 Å². The Morgan fingerprint density at radius 1 is 1.13 bits per heavy atom. The van der Waals surface area contributed by atoms with E-state index in [1.54, 1.807) is 24.3 Å². The molecule has 2 aliphatic rings. The summed E-state index contributed by atoms with van der Waals surface area (Å²) in [6.45, 7) is 2.74. The number of rotatable bonds is 3. The summed E-state index contributed by atoms with van der Waals surface area (Å²) >= 11 is 1.52. The van der Waals surface area contributed by atoms with E-state index < -0.39 is 0 Å². The Morgan fingerprint density at radius 2 is 1.83 bits per heavy atom. The molecule has 118 valence electrons. The second-order valence-electron chi connectivity index (χ2n) is 5.76. The van der Waals surface area contributed by atoms with Gasteiger partial charge in [0.15, 0.2) is 5.13 Å². The highest BCUT2D eigenvalue weighted by atomic mass is 32.1. The number of carbonyl (C=O) groups is 2. The van der Waals surface area contributed by atoms with E-state index in [9.17, 15) is 9.59 Å². The first kappa shape index (κ1) is 14.3. The summed E-state index contributed by atoms with van der Waals surface area (Å²) in [5.74, 6) is -0.379. The van der Waals surface area contributed by atoms with Crippen LogP contribution < -0.4 is 5.73 Å². The maximum atomic E-state index is 12.3. The third kappa shape index (κ3) is 2.42. The van der Waals surface area contributed by atoms with Crippen LogP contribution in [0.25, 0.3) is 0 Å². The lowest BCUT2D eigenvalue weighted by Gasteiger charge is -2.27. The van der Waals surface area contributed by atoms with Gasteiger partial charge in [-0.3, -0.25) is 19.4 Å². The van der Waals surface area contributed by atoms with Crippen molar-refractivity contribution in [1.82, 2.24) is 14.8 Å². The Balaban J connectivity index is 1.43. The van der Waals surface area contributed by atoms with Gasteiger partial charge in [-0.15, -0.1) is 11.3 Å². The Bertz CT molecular complexity index is 766. The minimum atomic E-state index is -0.190. The third-order valence-electron chi connectivity index (χ3n) is 4.34. The molecule has 0 saturated carbocycles. The first-order chi connectivity index (χ1) is 11.1. The van der Waals surface area contributed by atoms with Crippen molar-refractivity contribution in [2.24, 2.45) is 0 Å². The number of nitrogens with zero attached hydrogens (tertiary/aromatic N) is 3. The molecule has 7 heteroatoms. The van der Waals surface area contributed by atoms with E-state index >= 15 is 0 Å². The van der Waals surface area contributed by atoms with Crippen LogP contribution >= 0.6 is 11.3 Å². The molecule has 3 heterocycles. The summed E-state index contributed by atoms with van der Waals surface area (Å²) in [7, 11) is 0. The Hall–Kier alpha value is -2.25. The molecule has 0 bridgehead atoms. The zero-order chi connectivity index (χ0) is 16.0. The minimum Gasteiger partial charge on any atom is -0.375 e. The van der Waals surface area contributed by atoms with E-state index in [-0.39, 0.29) is 11.8 Å². The molecule has 2 aromatic rings. The molecular formula is C16H16N4O2S. The minimum absolute atomic E-state index is 0.190. The number of hydrogen-bond donors (Lipinski definition) is 1. The summed E-state index contributed by atoms with van der Waals surface area (Å²) in [6, 6.07) is 6.99. The number of benzene rings is 1. The fraction of sp³-hybridized carbons (Fsp3) is 0.312. The van der Waals surface area contributed by atoms with Gasteiger partial charge < -0.3 is 5.73 Å². The Morgan fingerprint density at radius 3 is 2.52 bits per heavy atom. The first-order valence-electron chi connectivity index (χ1n) is 7.55. The predicted molar refractivity (Wildman–Crippen MR) is 87.3 cm³/mol. The fourth-order valence-corrected chi connectivity index (χ4v) is 4.06. The number of hydrogen-bond acceptors (Lipinski definition) is 6. The van der Waals surface area contributed by atoms with Crippen molar-refractivity contribution in [3.8, 4) is 0 Å². The number of anilines is 1. The van der Waals surface area contributed by atoms with Crippen molar-refractivity contribution in [2.75, 3.05) is 25.4 Å². The number of imide groups is 1. The van der Waals surface area contributed by atoms with Crippen molar-refractivity contribution in [3.63, 3.8) is 0 Å². The van der Waals surface area contributed by atoms with E-state index in [2.05, 4.69) is 9.88 Å². The monoisotopic (exact) mass is 328 g/mol. The SMILES string of the molecule is Nc1nc2c(s1)CN(CCN1C(=O)c3ccccc3C1=O)CC2. The van der Waals surface area contributed by atoms with E-state index in [0.717, 1.165) is 25.2 Å². The van der Waals surface area contributed by atoms with Crippen LogP contribution in [-0.4, -0.2) is 46.2 Å². The van der Waals surface area contributed by atoms with Gasteiger partial charge in [0.2, 0.25) is 0 Å². The molecule has 2 N–H and O–H groups in total. The highest BCUT2D eigenvalue weighted by Gasteiger charge is 2.35. The Labute approximate surface area is 137 Å². The van der Waals surface area contributed by atoms with Crippen LogP contribution in [0.3, 0.4) is 0 Å². The normalized spacial score (nSPS) is 17.5. The van der Waals surface area contributed by atoms with Crippen LogP contribution in [-0.2, 0) is 13.0 Å². The molecule has 0 spiro atoms. The second-order valence-corrected chi connectivity index (χ2v) is 6.87. The van der Waals surface area contributed by atoms with E-state index in [1.807, 2.05) is 0 Å². The average molecular weight is 328 g/mol. The first-order valence-corrected chi connectivity index (χ1v) is 8.37. The quantitative estimate of drug-likeness (QED) is 0.861. The topological polar surface area (TPSA) is 79.5 Å². The van der Waals surface area contributed by atoms with E-state index in [4.69, 9.17) is 5.73 Å². The third-order valence-corrected chi connectivity index (χ3v) is 5.26. The number of nitrogens with two attached hydrogens (primary N) is 1. The van der Waals surface area contributed by atoms with Gasteiger partial charge >= 0.3 is 0 Å². The van der Waals surface area contributed by atoms with Crippen LogP contribution in [0.5, 0.6) is 0 Å². The number of nitrogen functional groups attached to an aromatic ring is 1. The van der Waals surface area contributed by atoms with Gasteiger partial charge in [-0.1, -0.05) is 12.1 Å². The van der Waals surface area contributed by atoms with Gasteiger partial charge in [0.1, 0.15) is 0 Å². The van der Waals surface area contributed by atoms with Crippen molar-refractivity contribution in [2.45, 2.75) is 13.0 Å². The zero-order valence-corrected chi connectivity index (χ0v) is 13.3. The molecule has 0 unspecified atom stereocenters. The lowest BCUT2D eigenvalue weighted by Crippen LogP contribution is -2.40. The maximum Gasteiger partial charge on any atom is 0.261 e. The second kappa shape index (κ2) is 5.43. The average Bonchev–Trinajstić information content (AvgIpc) is 3.04. The molecule has 0 saturated heterocycles. The van der Waals surface area contributed by atoms with Crippen molar-refractivity contribution in [3.05, 3.63) is 46.0 Å². The van der Waals surface area contributed by atoms with Crippen LogP contribution in [0.2, 0.25) is 0 Å². The summed E-state index contributed by atoms with van der Waals surface area (Å²) in [5.41, 5.74) is 7.86.